The van der Waals surface area contributed by atoms with Crippen molar-refractivity contribution in [2.24, 2.45) is 0 Å². The fourth-order valence-corrected chi connectivity index (χ4v) is 1.53. The Morgan fingerprint density at radius 3 is 2.50 bits per heavy atom. The van der Waals surface area contributed by atoms with E-state index in [4.69, 9.17) is 4.74 Å². The van der Waals surface area contributed by atoms with E-state index in [9.17, 15) is 14.5 Å². The average molecular weight is 247 g/mol. The standard InChI is InChI=1S/C13H10FNO3/c14-11-6-2-4-8-13(11)18-9-10-5-1-3-7-12(10)15(16)17/h1-8H,9H2. The Kier molecular flexibility index (Phi) is 3.52. The third kappa shape index (κ3) is 2.63. The van der Waals surface area contributed by atoms with Gasteiger partial charge < -0.3 is 4.74 Å². The highest BCUT2D eigenvalue weighted by atomic mass is 19.1. The molecule has 2 aromatic carbocycles. The maximum absolute atomic E-state index is 13.3. The van der Waals surface area contributed by atoms with Crippen molar-refractivity contribution < 1.29 is 14.1 Å². The van der Waals surface area contributed by atoms with Gasteiger partial charge in [0.1, 0.15) is 6.61 Å². The quantitative estimate of drug-likeness (QED) is 0.615. The zero-order chi connectivity index (χ0) is 13.0. The lowest BCUT2D eigenvalue weighted by molar-refractivity contribution is -0.385. The first-order chi connectivity index (χ1) is 8.68. The molecule has 0 radical (unpaired) electrons. The van der Waals surface area contributed by atoms with Crippen molar-refractivity contribution in [2.75, 3.05) is 0 Å². The Morgan fingerprint density at radius 2 is 1.78 bits per heavy atom. The van der Waals surface area contributed by atoms with Crippen LogP contribution in [0.25, 0.3) is 0 Å². The first-order valence-corrected chi connectivity index (χ1v) is 5.28. The van der Waals surface area contributed by atoms with Gasteiger partial charge in [-0.05, 0) is 18.2 Å². The number of nitro groups is 1. The summed E-state index contributed by atoms with van der Waals surface area (Å²) in [5.41, 5.74) is 0.375. The summed E-state index contributed by atoms with van der Waals surface area (Å²) < 4.78 is 18.5. The first kappa shape index (κ1) is 12.0. The van der Waals surface area contributed by atoms with Crippen LogP contribution in [0.2, 0.25) is 0 Å². The van der Waals surface area contributed by atoms with Crippen molar-refractivity contribution in [3.8, 4) is 5.75 Å². The normalized spacial score (nSPS) is 10.1. The van der Waals surface area contributed by atoms with Crippen LogP contribution in [0.3, 0.4) is 0 Å². The summed E-state index contributed by atoms with van der Waals surface area (Å²) in [5, 5.41) is 10.8. The van der Waals surface area contributed by atoms with Gasteiger partial charge in [-0.1, -0.05) is 24.3 Å². The molecule has 0 unspecified atom stereocenters. The van der Waals surface area contributed by atoms with Gasteiger partial charge in [-0.15, -0.1) is 0 Å². The first-order valence-electron chi connectivity index (χ1n) is 5.28. The van der Waals surface area contributed by atoms with Gasteiger partial charge in [0, 0.05) is 6.07 Å². The molecule has 0 aliphatic carbocycles. The summed E-state index contributed by atoms with van der Waals surface area (Å²) in [6.45, 7) is -0.0436. The third-order valence-electron chi connectivity index (χ3n) is 2.41. The van der Waals surface area contributed by atoms with E-state index >= 15 is 0 Å². The number of halogens is 1. The van der Waals surface area contributed by atoms with E-state index in [1.54, 1.807) is 30.3 Å². The van der Waals surface area contributed by atoms with Crippen molar-refractivity contribution >= 4 is 5.69 Å². The van der Waals surface area contributed by atoms with Gasteiger partial charge in [0.2, 0.25) is 0 Å². The van der Waals surface area contributed by atoms with E-state index in [1.807, 2.05) is 0 Å². The Bertz CT molecular complexity index is 572. The average Bonchev–Trinajstić information content (AvgIpc) is 2.38. The maximum atomic E-state index is 13.3. The SMILES string of the molecule is O=[N+]([O-])c1ccccc1COc1ccccc1F. The minimum absolute atomic E-state index is 0.0335. The Morgan fingerprint density at radius 1 is 1.11 bits per heavy atom. The van der Waals surface area contributed by atoms with Gasteiger partial charge in [0.05, 0.1) is 10.5 Å². The summed E-state index contributed by atoms with van der Waals surface area (Å²) in [4.78, 5) is 10.3. The minimum Gasteiger partial charge on any atom is -0.486 e. The van der Waals surface area contributed by atoms with Crippen LogP contribution in [0.15, 0.2) is 48.5 Å². The van der Waals surface area contributed by atoms with Gasteiger partial charge in [-0.2, -0.15) is 0 Å². The van der Waals surface area contributed by atoms with Gasteiger partial charge in [-0.3, -0.25) is 10.1 Å². The zero-order valence-corrected chi connectivity index (χ0v) is 9.38. The number of ether oxygens (including phenoxy) is 1. The molecule has 0 aromatic heterocycles. The van der Waals surface area contributed by atoms with Crippen molar-refractivity contribution in [3.63, 3.8) is 0 Å². The number of rotatable bonds is 4. The molecule has 0 heterocycles. The van der Waals surface area contributed by atoms with Crippen LogP contribution in [-0.4, -0.2) is 4.92 Å². The molecule has 0 atom stereocenters. The molecular formula is C13H10FNO3. The molecular weight excluding hydrogens is 237 g/mol. The highest BCUT2D eigenvalue weighted by Crippen LogP contribution is 2.21. The van der Waals surface area contributed by atoms with Crippen molar-refractivity contribution in [3.05, 3.63) is 70.0 Å². The zero-order valence-electron chi connectivity index (χ0n) is 9.38. The van der Waals surface area contributed by atoms with Crippen LogP contribution in [-0.2, 0) is 6.61 Å². The summed E-state index contributed by atoms with van der Waals surface area (Å²) in [7, 11) is 0. The Labute approximate surface area is 103 Å². The fraction of sp³-hybridized carbons (Fsp3) is 0.0769. The molecule has 0 N–H and O–H groups in total. The molecule has 5 heteroatoms. The Hall–Kier alpha value is -2.43. The lowest BCUT2D eigenvalue weighted by Crippen LogP contribution is -2.01. The van der Waals surface area contributed by atoms with Gasteiger partial charge in [0.25, 0.3) is 5.69 Å². The number of para-hydroxylation sites is 2. The van der Waals surface area contributed by atoms with E-state index in [0.29, 0.717) is 5.56 Å². The lowest BCUT2D eigenvalue weighted by atomic mass is 10.2. The van der Waals surface area contributed by atoms with E-state index < -0.39 is 10.7 Å². The fourth-order valence-electron chi connectivity index (χ4n) is 1.53. The number of nitrogens with zero attached hydrogens (tertiary/aromatic N) is 1. The number of hydrogen-bond acceptors (Lipinski definition) is 3. The summed E-state index contributed by atoms with van der Waals surface area (Å²) in [6, 6.07) is 12.2. The van der Waals surface area contributed by atoms with E-state index in [2.05, 4.69) is 0 Å². The molecule has 0 aliphatic rings. The van der Waals surface area contributed by atoms with E-state index in [1.165, 1.54) is 18.2 Å². The second kappa shape index (κ2) is 5.27. The van der Waals surface area contributed by atoms with Crippen molar-refractivity contribution in [1.29, 1.82) is 0 Å². The smallest absolute Gasteiger partial charge is 0.276 e. The molecule has 4 nitrogen and oxygen atoms in total. The molecule has 0 amide bonds. The van der Waals surface area contributed by atoms with Gasteiger partial charge >= 0.3 is 0 Å². The molecule has 0 bridgehead atoms. The van der Waals surface area contributed by atoms with Crippen LogP contribution in [0.5, 0.6) is 5.75 Å². The minimum atomic E-state index is -0.490. The Balaban J connectivity index is 2.16. The molecule has 0 fully saturated rings. The van der Waals surface area contributed by atoms with E-state index in [-0.39, 0.29) is 18.0 Å². The summed E-state index contributed by atoms with van der Waals surface area (Å²) in [5.74, 6) is -0.410. The van der Waals surface area contributed by atoms with Crippen LogP contribution in [0.4, 0.5) is 10.1 Å². The number of nitro benzene ring substituents is 1. The number of benzene rings is 2. The van der Waals surface area contributed by atoms with Crippen LogP contribution in [0.1, 0.15) is 5.56 Å². The van der Waals surface area contributed by atoms with Crippen LogP contribution >= 0.6 is 0 Å². The topological polar surface area (TPSA) is 52.4 Å². The molecule has 18 heavy (non-hydrogen) atoms. The second-order valence-corrected chi connectivity index (χ2v) is 3.60. The van der Waals surface area contributed by atoms with Gasteiger partial charge in [0.15, 0.2) is 11.6 Å². The van der Waals surface area contributed by atoms with E-state index in [0.717, 1.165) is 0 Å². The second-order valence-electron chi connectivity index (χ2n) is 3.60. The summed E-state index contributed by atoms with van der Waals surface area (Å²) in [6.07, 6.45) is 0. The third-order valence-corrected chi connectivity index (χ3v) is 2.41. The molecule has 0 saturated carbocycles. The predicted molar refractivity (Wildman–Crippen MR) is 63.8 cm³/mol. The largest absolute Gasteiger partial charge is 0.486 e. The molecule has 0 aliphatic heterocycles. The van der Waals surface area contributed by atoms with Crippen LogP contribution < -0.4 is 4.74 Å². The van der Waals surface area contributed by atoms with Crippen molar-refractivity contribution in [2.45, 2.75) is 6.61 Å². The maximum Gasteiger partial charge on any atom is 0.276 e. The monoisotopic (exact) mass is 247 g/mol. The highest BCUT2D eigenvalue weighted by molar-refractivity contribution is 5.39. The van der Waals surface area contributed by atoms with Crippen molar-refractivity contribution in [1.82, 2.24) is 0 Å². The molecule has 2 rings (SSSR count). The predicted octanol–water partition coefficient (Wildman–Crippen LogP) is 3.31. The van der Waals surface area contributed by atoms with Crippen LogP contribution in [0, 0.1) is 15.9 Å². The highest BCUT2D eigenvalue weighted by Gasteiger charge is 2.13. The lowest BCUT2D eigenvalue weighted by Gasteiger charge is -2.07. The summed E-state index contributed by atoms with van der Waals surface area (Å²) >= 11 is 0. The molecule has 2 aromatic rings. The molecule has 92 valence electrons. The molecule has 0 spiro atoms. The number of hydrogen-bond donors (Lipinski definition) is 0. The van der Waals surface area contributed by atoms with Gasteiger partial charge in [-0.25, -0.2) is 4.39 Å². The molecule has 0 saturated heterocycles.